The Hall–Kier alpha value is -8.90. The number of para-hydroxylation sites is 2. The second-order valence-corrected chi connectivity index (χ2v) is 21.6. The van der Waals surface area contributed by atoms with Gasteiger partial charge in [-0.3, -0.25) is 0 Å². The molecular formula is C69H48BN3S. The molecule has 13 aromatic rings. The van der Waals surface area contributed by atoms with Crippen molar-refractivity contribution >= 4 is 111 Å². The fourth-order valence-corrected chi connectivity index (χ4v) is 13.5. The van der Waals surface area contributed by atoms with Crippen LogP contribution in [0.1, 0.15) is 25.0 Å². The number of rotatable bonds is 7. The largest absolute Gasteiger partial charge is 0.311 e. The van der Waals surface area contributed by atoms with E-state index in [1.807, 2.05) is 11.3 Å². The number of aromatic nitrogens is 1. The zero-order valence-electron chi connectivity index (χ0n) is 41.1. The average Bonchev–Trinajstić information content (AvgIpc) is 4.02. The monoisotopic (exact) mass is 961 g/mol. The molecule has 0 unspecified atom stereocenters. The van der Waals surface area contributed by atoms with Crippen molar-refractivity contribution in [1.82, 2.24) is 4.57 Å². The van der Waals surface area contributed by atoms with Gasteiger partial charge in [-0.05, 0) is 129 Å². The molecule has 0 N–H and O–H groups in total. The molecule has 0 amide bonds. The van der Waals surface area contributed by atoms with Crippen molar-refractivity contribution in [3.05, 3.63) is 266 Å². The minimum Gasteiger partial charge on any atom is -0.311 e. The van der Waals surface area contributed by atoms with Crippen LogP contribution in [0.25, 0.3) is 69.9 Å². The summed E-state index contributed by atoms with van der Waals surface area (Å²) in [6.07, 6.45) is 0. The quantitative estimate of drug-likeness (QED) is 0.148. The normalized spacial score (nSPS) is 12.9. The number of fused-ring (bicyclic) bond motifs is 10. The van der Waals surface area contributed by atoms with Crippen molar-refractivity contribution in [3.8, 4) is 27.9 Å². The van der Waals surface area contributed by atoms with Gasteiger partial charge in [-0.1, -0.05) is 190 Å². The van der Waals surface area contributed by atoms with Crippen molar-refractivity contribution in [1.29, 1.82) is 0 Å². The van der Waals surface area contributed by atoms with E-state index >= 15 is 0 Å². The maximum absolute atomic E-state index is 2.59. The summed E-state index contributed by atoms with van der Waals surface area (Å²) < 4.78 is 5.07. The van der Waals surface area contributed by atoms with Gasteiger partial charge in [0.15, 0.2) is 0 Å². The van der Waals surface area contributed by atoms with E-state index in [9.17, 15) is 0 Å². The smallest absolute Gasteiger partial charge is 0.252 e. The van der Waals surface area contributed by atoms with Gasteiger partial charge in [-0.2, -0.15) is 0 Å². The molecule has 2 aliphatic rings. The molecule has 0 saturated heterocycles. The standard InChI is InChI=1S/C69H48BN3S/c1-69(2,49-22-10-5-11-23-49)50-40-64-68-65(41-50)72(52-36-32-48(33-37-52)46-20-8-4-9-21-46)63-43-57-56-26-14-17-29-66(56)74-67(57)44-59(63)70(68)58-39-38-53(73-60-27-15-12-24-54(60)55-25-13-16-28-61(55)73)42-62(58)71(64)51-34-30-47(31-35-51)45-18-6-3-7-19-45/h3-44H,1-2H3. The third-order valence-electron chi connectivity index (χ3n) is 16.1. The van der Waals surface area contributed by atoms with Crippen molar-refractivity contribution in [2.24, 2.45) is 0 Å². The highest BCUT2D eigenvalue weighted by Crippen LogP contribution is 2.49. The van der Waals surface area contributed by atoms with E-state index in [2.05, 4.69) is 283 Å². The van der Waals surface area contributed by atoms with Gasteiger partial charge in [-0.15, -0.1) is 11.3 Å². The second kappa shape index (κ2) is 16.6. The van der Waals surface area contributed by atoms with Crippen LogP contribution in [-0.4, -0.2) is 11.3 Å². The van der Waals surface area contributed by atoms with Gasteiger partial charge in [0.25, 0.3) is 6.71 Å². The van der Waals surface area contributed by atoms with Gasteiger partial charge in [-0.25, -0.2) is 0 Å². The highest BCUT2D eigenvalue weighted by molar-refractivity contribution is 7.26. The number of hydrogen-bond acceptors (Lipinski definition) is 3. The number of thiophene rings is 1. The van der Waals surface area contributed by atoms with Crippen LogP contribution >= 0.6 is 11.3 Å². The Morgan fingerprint density at radius 2 is 0.811 bits per heavy atom. The summed E-state index contributed by atoms with van der Waals surface area (Å²) in [5, 5.41) is 5.09. The van der Waals surface area contributed by atoms with Crippen LogP contribution in [-0.2, 0) is 5.41 Å². The summed E-state index contributed by atoms with van der Waals surface area (Å²) in [6, 6.07) is 95.0. The number of nitrogens with zero attached hydrogens (tertiary/aromatic N) is 3. The Morgan fingerprint density at radius 3 is 1.39 bits per heavy atom. The predicted molar refractivity (Wildman–Crippen MR) is 317 cm³/mol. The van der Waals surface area contributed by atoms with Crippen molar-refractivity contribution < 1.29 is 0 Å². The maximum Gasteiger partial charge on any atom is 0.252 e. The highest BCUT2D eigenvalue weighted by atomic mass is 32.1. The first kappa shape index (κ1) is 42.8. The van der Waals surface area contributed by atoms with Crippen LogP contribution in [0.3, 0.4) is 0 Å². The number of benzene rings is 11. The molecule has 0 atom stereocenters. The molecule has 0 radical (unpaired) electrons. The van der Waals surface area contributed by atoms with E-state index in [1.165, 1.54) is 114 Å². The molecule has 15 rings (SSSR count). The van der Waals surface area contributed by atoms with Gasteiger partial charge in [0.05, 0.1) is 11.0 Å². The van der Waals surface area contributed by atoms with Crippen LogP contribution in [0.5, 0.6) is 0 Å². The molecule has 3 nitrogen and oxygen atoms in total. The molecule has 11 aromatic carbocycles. The van der Waals surface area contributed by atoms with Crippen molar-refractivity contribution in [2.45, 2.75) is 19.3 Å². The Bertz CT molecular complexity index is 4280. The van der Waals surface area contributed by atoms with Crippen molar-refractivity contribution in [2.75, 3.05) is 9.80 Å². The first-order valence-corrected chi connectivity index (χ1v) is 26.5. The lowest BCUT2D eigenvalue weighted by Crippen LogP contribution is -2.61. The summed E-state index contributed by atoms with van der Waals surface area (Å²) in [7, 11) is 0. The van der Waals surface area contributed by atoms with Crippen LogP contribution in [0.15, 0.2) is 255 Å². The molecule has 0 aliphatic carbocycles. The Morgan fingerprint density at radius 1 is 0.338 bits per heavy atom. The van der Waals surface area contributed by atoms with Crippen LogP contribution in [0, 0.1) is 0 Å². The predicted octanol–water partition coefficient (Wildman–Crippen LogP) is 16.9. The minimum atomic E-state index is -0.354. The van der Waals surface area contributed by atoms with E-state index in [4.69, 9.17) is 0 Å². The summed E-state index contributed by atoms with van der Waals surface area (Å²) in [6.45, 7) is 4.71. The number of hydrogen-bond donors (Lipinski definition) is 0. The Labute approximate surface area is 435 Å². The van der Waals surface area contributed by atoms with E-state index in [0.29, 0.717) is 0 Å². The molecule has 5 heteroatoms. The molecule has 4 heterocycles. The van der Waals surface area contributed by atoms with E-state index < -0.39 is 0 Å². The average molecular weight is 962 g/mol. The molecule has 0 fully saturated rings. The molecule has 74 heavy (non-hydrogen) atoms. The van der Waals surface area contributed by atoms with Gasteiger partial charge in [0.1, 0.15) is 0 Å². The molecule has 2 aliphatic heterocycles. The van der Waals surface area contributed by atoms with Gasteiger partial charge in [0, 0.05) is 76.2 Å². The fourth-order valence-electron chi connectivity index (χ4n) is 12.3. The summed E-state index contributed by atoms with van der Waals surface area (Å²) in [4.78, 5) is 5.17. The summed E-state index contributed by atoms with van der Waals surface area (Å²) in [5.41, 5.74) is 21.4. The lowest BCUT2D eigenvalue weighted by molar-refractivity contribution is 0.641. The van der Waals surface area contributed by atoms with Crippen LogP contribution in [0.2, 0.25) is 0 Å². The van der Waals surface area contributed by atoms with Crippen LogP contribution in [0.4, 0.5) is 34.1 Å². The number of anilines is 6. The maximum atomic E-state index is 2.59. The van der Waals surface area contributed by atoms with E-state index in [-0.39, 0.29) is 12.1 Å². The van der Waals surface area contributed by atoms with Gasteiger partial charge in [0.2, 0.25) is 0 Å². The fraction of sp³-hybridized carbons (Fsp3) is 0.0435. The molecule has 0 bridgehead atoms. The van der Waals surface area contributed by atoms with E-state index in [1.54, 1.807) is 0 Å². The SMILES string of the molecule is CC(C)(c1ccccc1)c1cc2c3c(c1)N(c1ccc(-c4ccccc4)cc1)c1cc4c(cc1B3c1ccc(-n3c5ccccc5c5ccccc53)cc1N2c1ccc(-c2ccccc2)cc1)sc1ccccc14. The van der Waals surface area contributed by atoms with Crippen molar-refractivity contribution in [3.63, 3.8) is 0 Å². The van der Waals surface area contributed by atoms with Crippen LogP contribution < -0.4 is 26.2 Å². The molecular weight excluding hydrogens is 914 g/mol. The Kier molecular flexibility index (Phi) is 9.58. The first-order valence-electron chi connectivity index (χ1n) is 25.7. The zero-order chi connectivity index (χ0) is 49.1. The van der Waals surface area contributed by atoms with Gasteiger partial charge >= 0.3 is 0 Å². The molecule has 0 spiro atoms. The zero-order valence-corrected chi connectivity index (χ0v) is 41.9. The molecule has 348 valence electrons. The summed E-state index contributed by atoms with van der Waals surface area (Å²) in [5.74, 6) is 0. The third kappa shape index (κ3) is 6.53. The topological polar surface area (TPSA) is 11.4 Å². The minimum absolute atomic E-state index is 0.0691. The third-order valence-corrected chi connectivity index (χ3v) is 17.2. The molecule has 2 aromatic heterocycles. The van der Waals surface area contributed by atoms with Gasteiger partial charge < -0.3 is 14.4 Å². The first-order chi connectivity index (χ1) is 36.5. The van der Waals surface area contributed by atoms with E-state index in [0.717, 1.165) is 17.1 Å². The second-order valence-electron chi connectivity index (χ2n) is 20.5. The highest BCUT2D eigenvalue weighted by Gasteiger charge is 2.45. The summed E-state index contributed by atoms with van der Waals surface area (Å²) >= 11 is 1.90. The molecule has 0 saturated carbocycles. The lowest BCUT2D eigenvalue weighted by Gasteiger charge is -2.45. The Balaban J connectivity index is 1.05. The lowest BCUT2D eigenvalue weighted by atomic mass is 9.33.